The van der Waals surface area contributed by atoms with Gasteiger partial charge in [0.2, 0.25) is 5.56 Å². The molecule has 3 unspecified atom stereocenters. The summed E-state index contributed by atoms with van der Waals surface area (Å²) < 4.78 is 12.3. The SMILES string of the molecule is O=C(NC(c1ccccc1)c1cccc(OCc2ccc(C(=O)N(CCCNCC(O)c3ccc(O)c4[nH]c(=O)ccc34)CC3CCCC3)cc2)c1)OC1CN2CCC1CC2. The third kappa shape index (κ3) is 10.6. The fraction of sp³-hybridized carbons (Fsp3) is 0.408. The fourth-order valence-electron chi connectivity index (χ4n) is 9.29. The number of ether oxygens (including phenoxy) is 2. The summed E-state index contributed by atoms with van der Waals surface area (Å²) in [6, 6.07) is 31.0. The highest BCUT2D eigenvalue weighted by atomic mass is 16.6. The molecule has 1 aromatic heterocycles. The van der Waals surface area contributed by atoms with Gasteiger partial charge in [0.1, 0.15) is 24.2 Å². The number of hydrogen-bond donors (Lipinski definition) is 5. The molecule has 61 heavy (non-hydrogen) atoms. The normalized spacial score (nSPS) is 19.7. The van der Waals surface area contributed by atoms with E-state index in [-0.39, 0.29) is 29.9 Å². The molecule has 0 radical (unpaired) electrons. The van der Waals surface area contributed by atoms with Crippen LogP contribution in [0.25, 0.3) is 10.9 Å². The summed E-state index contributed by atoms with van der Waals surface area (Å²) in [5, 5.41) is 28.2. The molecule has 5 aromatic rings. The average molecular weight is 828 g/mol. The van der Waals surface area contributed by atoms with E-state index in [1.807, 2.05) is 83.8 Å². The zero-order valence-corrected chi connectivity index (χ0v) is 34.6. The van der Waals surface area contributed by atoms with E-state index in [4.69, 9.17) is 9.47 Å². The molecule has 9 rings (SSSR count). The van der Waals surface area contributed by atoms with Crippen molar-refractivity contribution in [1.82, 2.24) is 25.4 Å². The molecule has 1 aliphatic carbocycles. The fourth-order valence-corrected chi connectivity index (χ4v) is 9.29. The third-order valence-electron chi connectivity index (χ3n) is 12.7. The number of nitrogens with zero attached hydrogens (tertiary/aromatic N) is 2. The van der Waals surface area contributed by atoms with Crippen molar-refractivity contribution in [3.8, 4) is 11.5 Å². The first-order valence-electron chi connectivity index (χ1n) is 21.9. The number of amides is 2. The number of carbonyl (C=O) groups excluding carboxylic acids is 2. The Morgan fingerprint density at radius 2 is 1.66 bits per heavy atom. The Labute approximate surface area is 356 Å². The third-order valence-corrected chi connectivity index (χ3v) is 12.7. The molecule has 2 bridgehead atoms. The van der Waals surface area contributed by atoms with E-state index in [9.17, 15) is 24.6 Å². The summed E-state index contributed by atoms with van der Waals surface area (Å²) in [5.74, 6) is 1.54. The molecule has 2 amide bonds. The van der Waals surface area contributed by atoms with Gasteiger partial charge in [0.05, 0.1) is 17.7 Å². The predicted molar refractivity (Wildman–Crippen MR) is 235 cm³/mol. The van der Waals surface area contributed by atoms with Crippen molar-refractivity contribution >= 4 is 22.9 Å². The predicted octanol–water partition coefficient (Wildman–Crippen LogP) is 7.07. The van der Waals surface area contributed by atoms with Gasteiger partial charge in [-0.15, -0.1) is 0 Å². The van der Waals surface area contributed by atoms with E-state index < -0.39 is 18.2 Å². The highest BCUT2D eigenvalue weighted by Crippen LogP contribution is 2.32. The van der Waals surface area contributed by atoms with Crippen LogP contribution in [-0.4, -0.2) is 88.9 Å². The number of fused-ring (bicyclic) bond motifs is 4. The van der Waals surface area contributed by atoms with Gasteiger partial charge in [-0.3, -0.25) is 14.5 Å². The Morgan fingerprint density at radius 1 is 0.885 bits per heavy atom. The molecule has 4 heterocycles. The molecule has 320 valence electrons. The lowest BCUT2D eigenvalue weighted by Gasteiger charge is -2.43. The molecular formula is C49H57N5O7. The molecule has 3 aliphatic heterocycles. The second-order valence-corrected chi connectivity index (χ2v) is 16.9. The second-order valence-electron chi connectivity index (χ2n) is 16.9. The largest absolute Gasteiger partial charge is 0.506 e. The Morgan fingerprint density at radius 3 is 2.41 bits per heavy atom. The number of carbonyl (C=O) groups is 2. The van der Waals surface area contributed by atoms with Crippen LogP contribution in [0.4, 0.5) is 4.79 Å². The summed E-state index contributed by atoms with van der Waals surface area (Å²) in [6.07, 6.45) is 6.14. The van der Waals surface area contributed by atoms with Crippen LogP contribution in [0.5, 0.6) is 11.5 Å². The van der Waals surface area contributed by atoms with Crippen LogP contribution in [0.2, 0.25) is 0 Å². The summed E-state index contributed by atoms with van der Waals surface area (Å²) >= 11 is 0. The molecule has 3 atom stereocenters. The number of aliphatic hydroxyl groups excluding tert-OH is 1. The summed E-state index contributed by atoms with van der Waals surface area (Å²) in [6.45, 7) is 5.45. The number of rotatable bonds is 17. The van der Waals surface area contributed by atoms with Crippen LogP contribution in [-0.2, 0) is 11.3 Å². The number of aliphatic hydroxyl groups is 1. The minimum Gasteiger partial charge on any atom is -0.506 e. The minimum atomic E-state index is -0.852. The lowest BCUT2D eigenvalue weighted by atomic mass is 9.86. The van der Waals surface area contributed by atoms with Crippen molar-refractivity contribution in [2.45, 2.75) is 69.8 Å². The summed E-state index contributed by atoms with van der Waals surface area (Å²) in [7, 11) is 0. The number of H-pyrrole nitrogens is 1. The number of phenolic OH excluding ortho intramolecular Hbond substituents is 1. The first kappa shape index (κ1) is 42.0. The zero-order chi connectivity index (χ0) is 42.1. The number of pyridine rings is 1. The number of hydrogen-bond acceptors (Lipinski definition) is 9. The Balaban J connectivity index is 0.855. The molecule has 3 saturated heterocycles. The maximum absolute atomic E-state index is 13.9. The summed E-state index contributed by atoms with van der Waals surface area (Å²) in [5.41, 5.74) is 3.98. The number of alkyl carbamates (subject to hydrolysis) is 1. The van der Waals surface area contributed by atoms with Crippen molar-refractivity contribution < 1.29 is 29.3 Å². The monoisotopic (exact) mass is 827 g/mol. The van der Waals surface area contributed by atoms with E-state index in [1.165, 1.54) is 25.0 Å². The Kier molecular flexibility index (Phi) is 13.6. The van der Waals surface area contributed by atoms with Gasteiger partial charge in [-0.1, -0.05) is 73.5 Å². The van der Waals surface area contributed by atoms with Crippen LogP contribution in [0.3, 0.4) is 0 Å². The first-order chi connectivity index (χ1) is 29.8. The number of phenols is 1. The molecule has 1 saturated carbocycles. The lowest BCUT2D eigenvalue weighted by Crippen LogP contribution is -2.52. The molecule has 5 N–H and O–H groups in total. The standard InChI is InChI=1S/C49H57N5O7/c55-42-20-18-40(41-19-21-45(57)51-47(41)42)43(56)29-50-24-7-25-54(30-33-8-4-5-9-33)48(58)37-16-14-34(15-17-37)32-60-39-13-6-12-38(28-39)46(36-10-2-1-3-11-36)52-49(59)61-44-31-53-26-22-35(44)23-27-53/h1-3,6,10-21,28,33,35,43-44,46,50,55-56H,4-5,7-9,22-27,29-32H2,(H,51,57)(H,52,59). The van der Waals surface area contributed by atoms with E-state index in [0.717, 1.165) is 68.6 Å². The van der Waals surface area contributed by atoms with Crippen molar-refractivity contribution in [1.29, 1.82) is 0 Å². The highest BCUT2D eigenvalue weighted by Gasteiger charge is 2.37. The molecule has 4 aliphatic rings. The van der Waals surface area contributed by atoms with Gasteiger partial charge < -0.3 is 40.2 Å². The van der Waals surface area contributed by atoms with Crippen molar-refractivity contribution in [2.24, 2.45) is 11.8 Å². The highest BCUT2D eigenvalue weighted by molar-refractivity contribution is 5.94. The van der Waals surface area contributed by atoms with Crippen LogP contribution in [0.1, 0.15) is 89.7 Å². The molecule has 0 spiro atoms. The maximum Gasteiger partial charge on any atom is 0.408 e. The van der Waals surface area contributed by atoms with Gasteiger partial charge in [-0.25, -0.2) is 4.79 Å². The molecule has 12 nitrogen and oxygen atoms in total. The number of piperidine rings is 3. The van der Waals surface area contributed by atoms with E-state index in [2.05, 4.69) is 20.5 Å². The Hall–Kier alpha value is -5.69. The Bertz CT molecular complexity index is 2300. The van der Waals surface area contributed by atoms with Gasteiger partial charge in [0, 0.05) is 43.2 Å². The number of aromatic hydroxyl groups is 1. The van der Waals surface area contributed by atoms with Crippen LogP contribution in [0.15, 0.2) is 108 Å². The molecule has 12 heteroatoms. The zero-order valence-electron chi connectivity index (χ0n) is 34.6. The van der Waals surface area contributed by atoms with Gasteiger partial charge in [-0.2, -0.15) is 0 Å². The second kappa shape index (κ2) is 19.8. The van der Waals surface area contributed by atoms with E-state index >= 15 is 0 Å². The van der Waals surface area contributed by atoms with Gasteiger partial charge in [-0.05, 0) is 122 Å². The topological polar surface area (TPSA) is 156 Å². The first-order valence-corrected chi connectivity index (χ1v) is 21.9. The van der Waals surface area contributed by atoms with E-state index in [1.54, 1.807) is 12.1 Å². The van der Waals surface area contributed by atoms with Crippen molar-refractivity contribution in [2.75, 3.05) is 45.8 Å². The average Bonchev–Trinajstić information content (AvgIpc) is 3.81. The van der Waals surface area contributed by atoms with Gasteiger partial charge in [0.25, 0.3) is 5.91 Å². The van der Waals surface area contributed by atoms with Gasteiger partial charge in [0.15, 0.2) is 0 Å². The quantitative estimate of drug-likeness (QED) is 0.0620. The molecule has 4 fully saturated rings. The number of aromatic amines is 1. The van der Waals surface area contributed by atoms with Crippen LogP contribution < -0.4 is 20.9 Å². The van der Waals surface area contributed by atoms with Crippen LogP contribution in [0, 0.1) is 11.8 Å². The minimum absolute atomic E-state index is 0.00291. The summed E-state index contributed by atoms with van der Waals surface area (Å²) in [4.78, 5) is 46.0. The molecule has 4 aromatic carbocycles. The van der Waals surface area contributed by atoms with Crippen molar-refractivity contribution in [3.05, 3.63) is 141 Å². The lowest BCUT2D eigenvalue weighted by molar-refractivity contribution is -0.0336. The number of benzene rings is 4. The van der Waals surface area contributed by atoms with E-state index in [0.29, 0.717) is 65.7 Å². The smallest absolute Gasteiger partial charge is 0.408 e. The van der Waals surface area contributed by atoms with Crippen LogP contribution >= 0.6 is 0 Å². The number of aromatic nitrogens is 1. The van der Waals surface area contributed by atoms with Gasteiger partial charge >= 0.3 is 6.09 Å². The molecular weight excluding hydrogens is 771 g/mol. The van der Waals surface area contributed by atoms with Crippen molar-refractivity contribution in [3.63, 3.8) is 0 Å². The maximum atomic E-state index is 13.9. The number of nitrogens with one attached hydrogen (secondary N) is 3.